The van der Waals surface area contributed by atoms with Crippen molar-refractivity contribution in [2.24, 2.45) is 0 Å². The number of carbonyl (C=O) groups is 1. The second kappa shape index (κ2) is 7.09. The monoisotopic (exact) mass is 295 g/mol. The molecule has 1 aromatic carbocycles. The van der Waals surface area contributed by atoms with Crippen LogP contribution < -0.4 is 4.90 Å². The summed E-state index contributed by atoms with van der Waals surface area (Å²) < 4.78 is 5.29. The Bertz CT molecular complexity index is 488. The number of ether oxygens (including phenoxy) is 1. The molecular formula is C16H22ClNO2. The molecule has 0 spiro atoms. The molecule has 0 saturated heterocycles. The third-order valence-corrected chi connectivity index (χ3v) is 3.84. The molecule has 0 aliphatic carbocycles. The van der Waals surface area contributed by atoms with Crippen molar-refractivity contribution in [3.05, 3.63) is 28.3 Å². The minimum absolute atomic E-state index is 0.191. The van der Waals surface area contributed by atoms with E-state index >= 15 is 0 Å². The largest absolute Gasteiger partial charge is 0.382 e. The van der Waals surface area contributed by atoms with Gasteiger partial charge in [-0.25, -0.2) is 0 Å². The van der Waals surface area contributed by atoms with Gasteiger partial charge in [0.1, 0.15) is 0 Å². The number of hydrogen-bond donors (Lipinski definition) is 0. The second-order valence-electron chi connectivity index (χ2n) is 5.18. The van der Waals surface area contributed by atoms with Gasteiger partial charge in [0.15, 0.2) is 0 Å². The van der Waals surface area contributed by atoms with E-state index in [9.17, 15) is 4.79 Å². The maximum atomic E-state index is 12.4. The highest BCUT2D eigenvalue weighted by Gasteiger charge is 2.24. The van der Waals surface area contributed by atoms with E-state index in [0.717, 1.165) is 42.1 Å². The van der Waals surface area contributed by atoms with Gasteiger partial charge in [0.2, 0.25) is 5.91 Å². The zero-order chi connectivity index (χ0) is 14.5. The molecule has 0 unspecified atom stereocenters. The van der Waals surface area contributed by atoms with Gasteiger partial charge in [-0.2, -0.15) is 0 Å². The Morgan fingerprint density at radius 3 is 3.00 bits per heavy atom. The zero-order valence-electron chi connectivity index (χ0n) is 12.2. The van der Waals surface area contributed by atoms with Crippen molar-refractivity contribution in [3.63, 3.8) is 0 Å². The summed E-state index contributed by atoms with van der Waals surface area (Å²) in [7, 11) is 0. The Balaban J connectivity index is 2.10. The number of aryl methyl sites for hydroxylation is 2. The smallest absolute Gasteiger partial charge is 0.227 e. The van der Waals surface area contributed by atoms with Crippen LogP contribution in [0.2, 0.25) is 5.02 Å². The van der Waals surface area contributed by atoms with Gasteiger partial charge in [0.25, 0.3) is 0 Å². The molecule has 2 rings (SSSR count). The number of halogens is 1. The molecule has 110 valence electrons. The van der Waals surface area contributed by atoms with Crippen LogP contribution in [0.1, 0.15) is 37.3 Å². The SMILES string of the molecule is CCOCCCC(=O)N1CCCc2cc(Cl)cc(C)c21. The molecule has 0 fully saturated rings. The highest BCUT2D eigenvalue weighted by molar-refractivity contribution is 6.30. The van der Waals surface area contributed by atoms with Crippen LogP contribution in [0.5, 0.6) is 0 Å². The molecule has 1 aliphatic heterocycles. The molecule has 0 radical (unpaired) electrons. The zero-order valence-corrected chi connectivity index (χ0v) is 13.0. The fourth-order valence-electron chi connectivity index (χ4n) is 2.78. The number of nitrogens with zero attached hydrogens (tertiary/aromatic N) is 1. The third kappa shape index (κ3) is 3.53. The number of amides is 1. The van der Waals surface area contributed by atoms with Crippen LogP contribution in [0.15, 0.2) is 12.1 Å². The molecule has 0 N–H and O–H groups in total. The van der Waals surface area contributed by atoms with Crippen LogP contribution >= 0.6 is 11.6 Å². The molecule has 1 aliphatic rings. The van der Waals surface area contributed by atoms with Gasteiger partial charge in [-0.3, -0.25) is 4.79 Å². The van der Waals surface area contributed by atoms with Crippen molar-refractivity contribution < 1.29 is 9.53 Å². The average molecular weight is 296 g/mol. The fraction of sp³-hybridized carbons (Fsp3) is 0.562. The maximum Gasteiger partial charge on any atom is 0.227 e. The summed E-state index contributed by atoms with van der Waals surface area (Å²) in [5, 5.41) is 0.756. The van der Waals surface area contributed by atoms with E-state index in [0.29, 0.717) is 19.6 Å². The first-order chi connectivity index (χ1) is 9.63. The van der Waals surface area contributed by atoms with Gasteiger partial charge in [-0.1, -0.05) is 11.6 Å². The van der Waals surface area contributed by atoms with Crippen LogP contribution in [-0.2, 0) is 16.0 Å². The Morgan fingerprint density at radius 2 is 2.25 bits per heavy atom. The third-order valence-electron chi connectivity index (χ3n) is 3.63. The van der Waals surface area contributed by atoms with Crippen LogP contribution in [0.25, 0.3) is 0 Å². The molecule has 1 aromatic rings. The van der Waals surface area contributed by atoms with Crippen LogP contribution in [0.3, 0.4) is 0 Å². The van der Waals surface area contributed by atoms with Gasteiger partial charge < -0.3 is 9.64 Å². The molecule has 4 heteroatoms. The lowest BCUT2D eigenvalue weighted by molar-refractivity contribution is -0.119. The lowest BCUT2D eigenvalue weighted by Gasteiger charge is -2.31. The quantitative estimate of drug-likeness (QED) is 0.774. The summed E-state index contributed by atoms with van der Waals surface area (Å²) >= 11 is 6.11. The van der Waals surface area contributed by atoms with Crippen molar-refractivity contribution >= 4 is 23.2 Å². The van der Waals surface area contributed by atoms with Crippen molar-refractivity contribution in [3.8, 4) is 0 Å². The molecule has 1 amide bonds. The second-order valence-corrected chi connectivity index (χ2v) is 5.62. The van der Waals surface area contributed by atoms with Crippen molar-refractivity contribution in [2.45, 2.75) is 39.5 Å². The average Bonchev–Trinajstić information content (AvgIpc) is 2.42. The highest BCUT2D eigenvalue weighted by atomic mass is 35.5. The fourth-order valence-corrected chi connectivity index (χ4v) is 3.07. The minimum Gasteiger partial charge on any atom is -0.382 e. The standard InChI is InChI=1S/C16H22ClNO2/c1-3-20-9-5-7-15(19)18-8-4-6-13-11-14(17)10-12(2)16(13)18/h10-11H,3-9H2,1-2H3. The van der Waals surface area contributed by atoms with Gasteiger partial charge >= 0.3 is 0 Å². The van der Waals surface area contributed by atoms with Crippen LogP contribution in [0, 0.1) is 6.92 Å². The summed E-state index contributed by atoms with van der Waals surface area (Å²) in [4.78, 5) is 14.3. The van der Waals surface area contributed by atoms with E-state index in [1.54, 1.807) is 0 Å². The lowest BCUT2D eigenvalue weighted by atomic mass is 9.98. The number of anilines is 1. The highest BCUT2D eigenvalue weighted by Crippen LogP contribution is 2.33. The van der Waals surface area contributed by atoms with E-state index in [-0.39, 0.29) is 5.91 Å². The molecule has 0 bridgehead atoms. The maximum absolute atomic E-state index is 12.4. The predicted molar refractivity (Wildman–Crippen MR) is 82.6 cm³/mol. The molecule has 20 heavy (non-hydrogen) atoms. The number of fused-ring (bicyclic) bond motifs is 1. The van der Waals surface area contributed by atoms with E-state index in [1.807, 2.05) is 30.9 Å². The molecule has 3 nitrogen and oxygen atoms in total. The van der Waals surface area contributed by atoms with Gasteiger partial charge in [0.05, 0.1) is 0 Å². The van der Waals surface area contributed by atoms with Gasteiger partial charge in [-0.05, 0) is 56.4 Å². The summed E-state index contributed by atoms with van der Waals surface area (Å²) in [6, 6.07) is 3.93. The van der Waals surface area contributed by atoms with Crippen LogP contribution in [0.4, 0.5) is 5.69 Å². The molecular weight excluding hydrogens is 274 g/mol. The summed E-state index contributed by atoms with van der Waals surface area (Å²) in [6.45, 7) is 6.16. The number of hydrogen-bond acceptors (Lipinski definition) is 2. The van der Waals surface area contributed by atoms with E-state index in [4.69, 9.17) is 16.3 Å². The normalized spacial score (nSPS) is 14.2. The first kappa shape index (κ1) is 15.3. The molecule has 0 aromatic heterocycles. The Morgan fingerprint density at radius 1 is 1.45 bits per heavy atom. The van der Waals surface area contributed by atoms with Gasteiger partial charge in [0, 0.05) is 36.9 Å². The number of rotatable bonds is 5. The molecule has 0 atom stereocenters. The molecule has 0 saturated carbocycles. The van der Waals surface area contributed by atoms with Gasteiger partial charge in [-0.15, -0.1) is 0 Å². The summed E-state index contributed by atoms with van der Waals surface area (Å²) in [5.41, 5.74) is 3.35. The lowest BCUT2D eigenvalue weighted by Crippen LogP contribution is -2.36. The van der Waals surface area contributed by atoms with E-state index in [2.05, 4.69) is 0 Å². The Labute approximate surface area is 125 Å². The van der Waals surface area contributed by atoms with Crippen molar-refractivity contribution in [2.75, 3.05) is 24.7 Å². The summed E-state index contributed by atoms with van der Waals surface area (Å²) in [6.07, 6.45) is 3.33. The van der Waals surface area contributed by atoms with Crippen LogP contribution in [-0.4, -0.2) is 25.7 Å². The Kier molecular flexibility index (Phi) is 5.44. The first-order valence-corrected chi connectivity index (χ1v) is 7.68. The predicted octanol–water partition coefficient (Wildman–Crippen LogP) is 3.74. The minimum atomic E-state index is 0.191. The Hall–Kier alpha value is -1.06. The number of carbonyl (C=O) groups excluding carboxylic acids is 1. The summed E-state index contributed by atoms with van der Waals surface area (Å²) in [5.74, 6) is 0.191. The van der Waals surface area contributed by atoms with Crippen molar-refractivity contribution in [1.29, 1.82) is 0 Å². The number of benzene rings is 1. The topological polar surface area (TPSA) is 29.5 Å². The van der Waals surface area contributed by atoms with Crippen molar-refractivity contribution in [1.82, 2.24) is 0 Å². The van der Waals surface area contributed by atoms with E-state index < -0.39 is 0 Å². The molecule has 1 heterocycles. The first-order valence-electron chi connectivity index (χ1n) is 7.30. The van der Waals surface area contributed by atoms with E-state index in [1.165, 1.54) is 5.56 Å².